The van der Waals surface area contributed by atoms with Crippen LogP contribution in [-0.2, 0) is 13.0 Å². The van der Waals surface area contributed by atoms with E-state index in [1.165, 1.54) is 9.75 Å². The topological polar surface area (TPSA) is 38.3 Å². The minimum absolute atomic E-state index is 0.108. The van der Waals surface area contributed by atoms with Crippen LogP contribution in [0, 0.1) is 0 Å². The summed E-state index contributed by atoms with van der Waals surface area (Å²) in [7, 11) is 1.57. The number of benzene rings is 1. The molecule has 0 unspecified atom stereocenters. The van der Waals surface area contributed by atoms with Gasteiger partial charge < -0.3 is 10.1 Å². The van der Waals surface area contributed by atoms with Crippen molar-refractivity contribution < 1.29 is 9.53 Å². The third-order valence-electron chi connectivity index (χ3n) is 2.84. The number of ether oxygens (including phenoxy) is 1. The Morgan fingerprint density at radius 3 is 2.63 bits per heavy atom. The molecule has 0 bridgehead atoms. The van der Waals surface area contributed by atoms with E-state index in [1.807, 2.05) is 12.1 Å². The number of para-hydroxylation sites is 1. The van der Waals surface area contributed by atoms with Crippen LogP contribution >= 0.6 is 11.3 Å². The minimum Gasteiger partial charge on any atom is -0.496 e. The number of nitrogens with one attached hydrogen (secondary N) is 1. The van der Waals surface area contributed by atoms with Gasteiger partial charge in [0, 0.05) is 9.75 Å². The van der Waals surface area contributed by atoms with E-state index in [4.69, 9.17) is 4.74 Å². The van der Waals surface area contributed by atoms with Crippen LogP contribution in [-0.4, -0.2) is 13.0 Å². The van der Waals surface area contributed by atoms with Crippen LogP contribution in [0.2, 0.25) is 0 Å². The summed E-state index contributed by atoms with van der Waals surface area (Å²) in [6, 6.07) is 11.4. The number of aryl methyl sites for hydroxylation is 1. The summed E-state index contributed by atoms with van der Waals surface area (Å²) in [5.74, 6) is 0.490. The fourth-order valence-electron chi connectivity index (χ4n) is 1.80. The van der Waals surface area contributed by atoms with Gasteiger partial charge in [0.15, 0.2) is 0 Å². The van der Waals surface area contributed by atoms with Gasteiger partial charge in [-0.1, -0.05) is 19.1 Å². The molecule has 4 heteroatoms. The molecule has 1 N–H and O–H groups in total. The van der Waals surface area contributed by atoms with Crippen LogP contribution in [0.3, 0.4) is 0 Å². The lowest BCUT2D eigenvalue weighted by molar-refractivity contribution is 0.0948. The number of carbonyl (C=O) groups is 1. The molecule has 0 aliphatic heterocycles. The second-order valence-corrected chi connectivity index (χ2v) is 5.36. The molecule has 0 saturated carbocycles. The molecule has 0 atom stereocenters. The van der Waals surface area contributed by atoms with Crippen molar-refractivity contribution in [3.8, 4) is 5.75 Å². The third kappa shape index (κ3) is 3.35. The Bertz CT molecular complexity index is 563. The van der Waals surface area contributed by atoms with Gasteiger partial charge in [0.1, 0.15) is 5.75 Å². The van der Waals surface area contributed by atoms with Gasteiger partial charge in [-0.05, 0) is 30.7 Å². The molecule has 3 nitrogen and oxygen atoms in total. The first-order valence-electron chi connectivity index (χ1n) is 6.23. The van der Waals surface area contributed by atoms with Gasteiger partial charge >= 0.3 is 0 Å². The highest BCUT2D eigenvalue weighted by atomic mass is 32.1. The summed E-state index contributed by atoms with van der Waals surface area (Å²) in [6.07, 6.45) is 1.03. The van der Waals surface area contributed by atoms with E-state index in [0.717, 1.165) is 6.42 Å². The van der Waals surface area contributed by atoms with Gasteiger partial charge in [-0.3, -0.25) is 4.79 Å². The fraction of sp³-hybridized carbons (Fsp3) is 0.267. The maximum absolute atomic E-state index is 12.1. The van der Waals surface area contributed by atoms with Crippen LogP contribution in [0.5, 0.6) is 5.75 Å². The molecule has 100 valence electrons. The number of hydrogen-bond acceptors (Lipinski definition) is 3. The van der Waals surface area contributed by atoms with Crippen LogP contribution < -0.4 is 10.1 Å². The van der Waals surface area contributed by atoms with Gasteiger partial charge in [0.2, 0.25) is 0 Å². The lowest BCUT2D eigenvalue weighted by atomic mass is 10.2. The standard InChI is InChI=1S/C15H17NO2S/c1-3-11-8-9-12(19-11)10-16-15(17)13-6-4-5-7-14(13)18-2/h4-9H,3,10H2,1-2H3,(H,16,17). The van der Waals surface area contributed by atoms with Gasteiger partial charge in [-0.25, -0.2) is 0 Å². The second-order valence-electron chi connectivity index (χ2n) is 4.10. The largest absolute Gasteiger partial charge is 0.496 e. The molecular formula is C15H17NO2S. The molecular weight excluding hydrogens is 258 g/mol. The van der Waals surface area contributed by atoms with Crippen LogP contribution in [0.15, 0.2) is 36.4 Å². The predicted octanol–water partition coefficient (Wildman–Crippen LogP) is 3.25. The summed E-state index contributed by atoms with van der Waals surface area (Å²) in [5.41, 5.74) is 0.567. The number of thiophene rings is 1. The Balaban J connectivity index is 2.01. The van der Waals surface area contributed by atoms with E-state index >= 15 is 0 Å². The zero-order chi connectivity index (χ0) is 13.7. The molecule has 1 aromatic heterocycles. The first kappa shape index (κ1) is 13.6. The van der Waals surface area contributed by atoms with Crippen molar-refractivity contribution in [3.05, 3.63) is 51.7 Å². The fourth-order valence-corrected chi connectivity index (χ4v) is 2.70. The summed E-state index contributed by atoms with van der Waals surface area (Å²) < 4.78 is 5.18. The number of hydrogen-bond donors (Lipinski definition) is 1. The number of methoxy groups -OCH3 is 1. The van der Waals surface area contributed by atoms with Crippen molar-refractivity contribution in [2.45, 2.75) is 19.9 Å². The first-order valence-corrected chi connectivity index (χ1v) is 7.05. The summed E-state index contributed by atoms with van der Waals surface area (Å²) in [6.45, 7) is 2.69. The van der Waals surface area contributed by atoms with Crippen molar-refractivity contribution >= 4 is 17.2 Å². The zero-order valence-electron chi connectivity index (χ0n) is 11.1. The van der Waals surface area contributed by atoms with Crippen molar-refractivity contribution in [3.63, 3.8) is 0 Å². The summed E-state index contributed by atoms with van der Waals surface area (Å²) in [5, 5.41) is 2.92. The molecule has 1 aromatic carbocycles. The van der Waals surface area contributed by atoms with E-state index < -0.39 is 0 Å². The quantitative estimate of drug-likeness (QED) is 0.909. The number of rotatable bonds is 5. The predicted molar refractivity (Wildman–Crippen MR) is 77.9 cm³/mol. The molecule has 1 amide bonds. The zero-order valence-corrected chi connectivity index (χ0v) is 11.9. The Morgan fingerprint density at radius 1 is 1.21 bits per heavy atom. The average Bonchev–Trinajstić information content (AvgIpc) is 2.92. The van der Waals surface area contributed by atoms with Crippen LogP contribution in [0.25, 0.3) is 0 Å². The summed E-state index contributed by atoms with van der Waals surface area (Å²) >= 11 is 1.73. The maximum atomic E-state index is 12.1. The van der Waals surface area contributed by atoms with E-state index in [2.05, 4.69) is 24.4 Å². The Labute approximate surface area is 117 Å². The first-order chi connectivity index (χ1) is 9.24. The van der Waals surface area contributed by atoms with Gasteiger partial charge in [-0.15, -0.1) is 11.3 Å². The summed E-state index contributed by atoms with van der Waals surface area (Å²) in [4.78, 5) is 14.6. The molecule has 19 heavy (non-hydrogen) atoms. The Kier molecular flexibility index (Phi) is 4.58. The lowest BCUT2D eigenvalue weighted by Gasteiger charge is -2.08. The highest BCUT2D eigenvalue weighted by Gasteiger charge is 2.11. The van der Waals surface area contributed by atoms with Crippen molar-refractivity contribution in [2.75, 3.05) is 7.11 Å². The lowest BCUT2D eigenvalue weighted by Crippen LogP contribution is -2.22. The number of carbonyl (C=O) groups excluding carboxylic acids is 1. The molecule has 0 fully saturated rings. The normalized spacial score (nSPS) is 10.2. The Morgan fingerprint density at radius 2 is 1.95 bits per heavy atom. The highest BCUT2D eigenvalue weighted by molar-refractivity contribution is 7.11. The molecule has 0 aliphatic rings. The van der Waals surface area contributed by atoms with Gasteiger partial charge in [0.25, 0.3) is 5.91 Å². The molecule has 1 heterocycles. The van der Waals surface area contributed by atoms with Gasteiger partial charge in [-0.2, -0.15) is 0 Å². The van der Waals surface area contributed by atoms with Crippen molar-refractivity contribution in [2.24, 2.45) is 0 Å². The van der Waals surface area contributed by atoms with Crippen molar-refractivity contribution in [1.82, 2.24) is 5.32 Å². The monoisotopic (exact) mass is 275 g/mol. The average molecular weight is 275 g/mol. The SMILES string of the molecule is CCc1ccc(CNC(=O)c2ccccc2OC)s1. The molecule has 2 rings (SSSR count). The van der Waals surface area contributed by atoms with E-state index in [1.54, 1.807) is 30.6 Å². The third-order valence-corrected chi connectivity index (χ3v) is 4.07. The maximum Gasteiger partial charge on any atom is 0.255 e. The van der Waals surface area contributed by atoms with Crippen molar-refractivity contribution in [1.29, 1.82) is 0 Å². The molecule has 0 saturated heterocycles. The van der Waals surface area contributed by atoms with Crippen LogP contribution in [0.1, 0.15) is 27.0 Å². The smallest absolute Gasteiger partial charge is 0.255 e. The van der Waals surface area contributed by atoms with E-state index in [-0.39, 0.29) is 5.91 Å². The molecule has 0 spiro atoms. The van der Waals surface area contributed by atoms with Crippen LogP contribution in [0.4, 0.5) is 0 Å². The highest BCUT2D eigenvalue weighted by Crippen LogP contribution is 2.19. The molecule has 0 aliphatic carbocycles. The molecule has 0 radical (unpaired) electrons. The van der Waals surface area contributed by atoms with Gasteiger partial charge in [0.05, 0.1) is 19.2 Å². The van der Waals surface area contributed by atoms with E-state index in [0.29, 0.717) is 17.9 Å². The second kappa shape index (κ2) is 6.38. The minimum atomic E-state index is -0.108. The van der Waals surface area contributed by atoms with E-state index in [9.17, 15) is 4.79 Å². The molecule has 2 aromatic rings. The Hall–Kier alpha value is -1.81. The number of amides is 1.